The van der Waals surface area contributed by atoms with Gasteiger partial charge in [-0.3, -0.25) is 24.1 Å². The number of carbonyl (C=O) groups is 4. The van der Waals surface area contributed by atoms with Crippen molar-refractivity contribution < 1.29 is 48.3 Å². The Balaban J connectivity index is 0.707. The topological polar surface area (TPSA) is 161 Å². The van der Waals surface area contributed by atoms with E-state index in [1.54, 1.807) is 12.1 Å². The van der Waals surface area contributed by atoms with Crippen LogP contribution in [-0.2, 0) is 55.7 Å². The Morgan fingerprint density at radius 3 is 1.87 bits per heavy atom. The number of aryl methyl sites for hydroxylation is 2. The second-order valence-electron chi connectivity index (χ2n) is 23.0. The summed E-state index contributed by atoms with van der Waals surface area (Å²) in [7, 11) is 0. The lowest BCUT2D eigenvalue weighted by molar-refractivity contribution is -0.188. The number of ether oxygens (including phenoxy) is 4. The molecule has 0 radical (unpaired) electrons. The summed E-state index contributed by atoms with van der Waals surface area (Å²) in [6, 6.07) is 15.6. The number of esters is 2. The van der Waals surface area contributed by atoms with Crippen molar-refractivity contribution in [1.82, 2.24) is 10.2 Å². The summed E-state index contributed by atoms with van der Waals surface area (Å²) < 4.78 is 25.4. The summed E-state index contributed by atoms with van der Waals surface area (Å²) >= 11 is 0. The minimum Gasteiger partial charge on any atom is -0.477 e. The fraction of sp³-hybridized carbons (Fsp3) is 0.544. The van der Waals surface area contributed by atoms with Gasteiger partial charge in [-0.2, -0.15) is 0 Å². The number of hydrogen-bond donors (Lipinski definition) is 3. The van der Waals surface area contributed by atoms with E-state index in [0.29, 0.717) is 55.9 Å². The number of hydrogen-bond acceptors (Lipinski definition) is 12. The molecule has 4 aromatic carbocycles. The van der Waals surface area contributed by atoms with Gasteiger partial charge in [-0.05, 0) is 166 Å². The average molecular weight is 933 g/mol. The number of nitrogens with one attached hydrogen (secondary N) is 1. The lowest BCUT2D eigenvalue weighted by atomic mass is 9.44. The Bertz CT molecular complexity index is 2980. The molecule has 3 aliphatic heterocycles. The highest BCUT2D eigenvalue weighted by atomic mass is 16.6. The van der Waals surface area contributed by atoms with Gasteiger partial charge in [0.1, 0.15) is 0 Å². The van der Waals surface area contributed by atoms with E-state index in [0.717, 1.165) is 87.3 Å². The molecule has 5 saturated carbocycles. The predicted octanol–water partition coefficient (Wildman–Crippen LogP) is 6.31. The third-order valence-corrected chi connectivity index (χ3v) is 19.2. The van der Waals surface area contributed by atoms with E-state index in [4.69, 9.17) is 18.9 Å². The first kappa shape index (κ1) is 42.7. The molecule has 0 amide bonds. The zero-order valence-corrected chi connectivity index (χ0v) is 39.5. The van der Waals surface area contributed by atoms with Crippen LogP contribution in [0.1, 0.15) is 115 Å². The average Bonchev–Trinajstić information content (AvgIpc) is 4.24. The molecule has 69 heavy (non-hydrogen) atoms. The summed E-state index contributed by atoms with van der Waals surface area (Å²) in [5.74, 6) is 1.82. The molecule has 3 N–H and O–H groups in total. The molecule has 10 aliphatic rings. The van der Waals surface area contributed by atoms with Gasteiger partial charge in [-0.1, -0.05) is 36.4 Å². The Morgan fingerprint density at radius 1 is 0.710 bits per heavy atom. The maximum atomic E-state index is 13.9. The standard InChI is InChI=1S/C57H60N2O10/c1-29-19-33(23-45(62)66-42-9-7-35-25-38-39(58-27-31-3-4-31)11-14-54-48(35)50(42)68-52(54)40(60)12-15-56(38,54)64)21-37-22-34(20-30(2)47(29)37)24-46(63)67-43-10-8-36-26-44-57(65)16-13-41(61)53-55(57,49(36)51(43)69-53)17-18-59(44)28-32-5-6-32/h7-10,19-22,31-32,38-39,44,52-53,58,64-65H,3-6,11-18,23-28H2,1-2H3/t38-,39?,44+,52-,53-,54-,55-,56+,57+/m0/s1. The number of fused-ring (bicyclic) bond motifs is 1. The zero-order chi connectivity index (χ0) is 46.9. The highest BCUT2D eigenvalue weighted by Crippen LogP contribution is 2.68. The number of rotatable bonds is 11. The van der Waals surface area contributed by atoms with Crippen molar-refractivity contribution in [2.75, 3.05) is 19.6 Å². The Morgan fingerprint density at radius 2 is 1.28 bits per heavy atom. The van der Waals surface area contributed by atoms with E-state index < -0.39 is 46.2 Å². The van der Waals surface area contributed by atoms with Crippen molar-refractivity contribution in [3.05, 3.63) is 93.0 Å². The molecule has 1 saturated heterocycles. The highest BCUT2D eigenvalue weighted by Gasteiger charge is 2.75. The summed E-state index contributed by atoms with van der Waals surface area (Å²) in [6.07, 6.45) is 8.09. The quantitative estimate of drug-likeness (QED) is 0.114. The van der Waals surface area contributed by atoms with Crippen molar-refractivity contribution in [1.29, 1.82) is 0 Å². The molecule has 14 rings (SSSR count). The van der Waals surface area contributed by atoms with Gasteiger partial charge in [0.15, 0.2) is 46.8 Å². The number of ketones is 2. The number of nitrogens with zero attached hydrogens (tertiary/aromatic N) is 1. The van der Waals surface area contributed by atoms with Crippen LogP contribution in [-0.4, -0.2) is 93.7 Å². The lowest BCUT2D eigenvalue weighted by Crippen LogP contribution is -2.76. The van der Waals surface area contributed by atoms with Gasteiger partial charge in [0.05, 0.1) is 34.9 Å². The minimum atomic E-state index is -1.10. The van der Waals surface area contributed by atoms with E-state index in [1.165, 1.54) is 25.7 Å². The Labute approximate surface area is 401 Å². The van der Waals surface area contributed by atoms with E-state index in [-0.39, 0.29) is 66.8 Å². The SMILES string of the molecule is Cc1cc(CC(=O)Oc2ccc3c4c2O[C@H]2C(=O)CC[C@@]5(O)[C@@H](C3)C(NCC3CC3)CC[C@]425)cc2cc(CC(=O)Oc3ccc4c5c3O[C@H]3C(=O)CC[C@@]6(O)[C@@H](C4)N(CC4CC4)CC[C@]536)cc(C)c12. The van der Waals surface area contributed by atoms with Crippen molar-refractivity contribution in [2.45, 2.75) is 156 Å². The Kier molecular flexibility index (Phi) is 9.11. The van der Waals surface area contributed by atoms with Gasteiger partial charge in [0.25, 0.3) is 0 Å². The first-order valence-electron chi connectivity index (χ1n) is 25.9. The van der Waals surface area contributed by atoms with Crippen LogP contribution >= 0.6 is 0 Å². The number of piperidine rings is 1. The fourth-order valence-corrected chi connectivity index (χ4v) is 15.9. The van der Waals surface area contributed by atoms with Crippen molar-refractivity contribution in [3.63, 3.8) is 0 Å². The first-order valence-corrected chi connectivity index (χ1v) is 25.9. The van der Waals surface area contributed by atoms with Crippen LogP contribution in [0.15, 0.2) is 48.5 Å². The van der Waals surface area contributed by atoms with Crippen LogP contribution in [0.25, 0.3) is 10.8 Å². The molecule has 3 heterocycles. The summed E-state index contributed by atoms with van der Waals surface area (Å²) in [6.45, 7) is 6.77. The third-order valence-electron chi connectivity index (χ3n) is 19.2. The van der Waals surface area contributed by atoms with Crippen molar-refractivity contribution >= 4 is 34.3 Å². The molecule has 0 aromatic heterocycles. The number of aliphatic hydroxyl groups is 2. The molecular formula is C57H60N2O10. The Hall–Kier alpha value is -5.14. The molecule has 4 bridgehead atoms. The summed E-state index contributed by atoms with van der Waals surface area (Å²) in [5, 5.41) is 31.2. The predicted molar refractivity (Wildman–Crippen MR) is 253 cm³/mol. The monoisotopic (exact) mass is 932 g/mol. The normalized spacial score (nSPS) is 34.2. The lowest BCUT2D eigenvalue weighted by Gasteiger charge is -2.62. The first-order chi connectivity index (χ1) is 33.3. The second-order valence-corrected chi connectivity index (χ2v) is 23.0. The smallest absolute Gasteiger partial charge is 0.315 e. The number of Topliss-reactive ketones (excluding diaryl/α,β-unsaturated/α-hetero) is 2. The molecule has 2 spiro atoms. The molecular weight excluding hydrogens is 873 g/mol. The van der Waals surface area contributed by atoms with Gasteiger partial charge >= 0.3 is 11.9 Å². The van der Waals surface area contributed by atoms with E-state index in [1.807, 2.05) is 50.2 Å². The van der Waals surface area contributed by atoms with E-state index in [2.05, 4.69) is 10.2 Å². The minimum absolute atomic E-state index is 0.00266. The van der Waals surface area contributed by atoms with Gasteiger partial charge in [0.2, 0.25) is 0 Å². The van der Waals surface area contributed by atoms with E-state index >= 15 is 0 Å². The van der Waals surface area contributed by atoms with Gasteiger partial charge in [0, 0.05) is 48.5 Å². The number of benzene rings is 4. The summed E-state index contributed by atoms with van der Waals surface area (Å²) in [5.41, 5.74) is 3.39. The number of likely N-dealkylation sites (tertiary alicyclic amines) is 1. The summed E-state index contributed by atoms with van der Waals surface area (Å²) in [4.78, 5) is 57.6. The van der Waals surface area contributed by atoms with Crippen LogP contribution in [0.2, 0.25) is 0 Å². The van der Waals surface area contributed by atoms with Crippen LogP contribution < -0.4 is 24.3 Å². The molecule has 12 heteroatoms. The van der Waals surface area contributed by atoms with E-state index in [9.17, 15) is 29.4 Å². The molecule has 12 nitrogen and oxygen atoms in total. The molecule has 7 aliphatic carbocycles. The van der Waals surface area contributed by atoms with Crippen LogP contribution in [0.4, 0.5) is 0 Å². The zero-order valence-electron chi connectivity index (χ0n) is 39.5. The van der Waals surface area contributed by atoms with Crippen LogP contribution in [0.3, 0.4) is 0 Å². The fourth-order valence-electron chi connectivity index (χ4n) is 15.9. The van der Waals surface area contributed by atoms with Crippen LogP contribution in [0.5, 0.6) is 23.0 Å². The molecule has 358 valence electrons. The molecule has 4 aromatic rings. The highest BCUT2D eigenvalue weighted by molar-refractivity contribution is 5.93. The van der Waals surface area contributed by atoms with Crippen LogP contribution in [0, 0.1) is 31.6 Å². The maximum Gasteiger partial charge on any atom is 0.315 e. The van der Waals surface area contributed by atoms with Crippen molar-refractivity contribution in [2.24, 2.45) is 17.8 Å². The molecule has 6 fully saturated rings. The molecule has 9 atom stereocenters. The van der Waals surface area contributed by atoms with Gasteiger partial charge in [-0.15, -0.1) is 0 Å². The maximum absolute atomic E-state index is 13.9. The number of carbonyl (C=O) groups excluding carboxylic acids is 4. The third kappa shape index (κ3) is 5.95. The largest absolute Gasteiger partial charge is 0.477 e. The molecule has 1 unspecified atom stereocenters. The van der Waals surface area contributed by atoms with Crippen molar-refractivity contribution in [3.8, 4) is 23.0 Å². The second kappa shape index (κ2) is 14.7. The van der Waals surface area contributed by atoms with Gasteiger partial charge < -0.3 is 34.5 Å². The van der Waals surface area contributed by atoms with Gasteiger partial charge in [-0.25, -0.2) is 0 Å².